The maximum absolute atomic E-state index is 11.1. The number of carbonyl (C=O) groups is 2. The van der Waals surface area contributed by atoms with Gasteiger partial charge in [-0.25, -0.2) is 0 Å². The third kappa shape index (κ3) is 2.82. The molecule has 0 radical (unpaired) electrons. The van der Waals surface area contributed by atoms with E-state index in [1.165, 1.54) is 21.8 Å². The molecule has 0 fully saturated rings. The van der Waals surface area contributed by atoms with Gasteiger partial charge in [-0.2, -0.15) is 0 Å². The highest BCUT2D eigenvalue weighted by Gasteiger charge is 2.23. The number of carbonyl (C=O) groups excluding carboxylic acids is 1. The number of halogens is 1. The third-order valence-corrected chi connectivity index (χ3v) is 3.56. The van der Waals surface area contributed by atoms with Crippen molar-refractivity contribution in [3.63, 3.8) is 0 Å². The van der Waals surface area contributed by atoms with Crippen molar-refractivity contribution in [1.29, 1.82) is 0 Å². The summed E-state index contributed by atoms with van der Waals surface area (Å²) in [6, 6.07) is 0. The number of carboxylic acids is 1. The lowest BCUT2D eigenvalue weighted by Crippen LogP contribution is -2.10. The lowest BCUT2D eigenvalue weighted by Gasteiger charge is -1.99. The Hall–Kier alpha value is -0.330. The average molecular weight is 240 g/mol. The molecule has 13 heavy (non-hydrogen) atoms. The molecule has 7 heteroatoms. The van der Waals surface area contributed by atoms with Crippen LogP contribution in [0.15, 0.2) is 10.6 Å². The van der Waals surface area contributed by atoms with Crippen molar-refractivity contribution in [3.05, 3.63) is 10.6 Å². The number of allylic oxidation sites excluding steroid dienone is 1. The first-order chi connectivity index (χ1) is 6.15. The lowest BCUT2D eigenvalue weighted by molar-refractivity contribution is -0.136. The molecule has 0 aromatic heterocycles. The maximum atomic E-state index is 11.1. The SMILES string of the molecule is O=C(O)CC1=C(C(=O)CCl)SSN1. The van der Waals surface area contributed by atoms with Gasteiger partial charge in [0.15, 0.2) is 5.78 Å². The third-order valence-electron chi connectivity index (χ3n) is 1.27. The van der Waals surface area contributed by atoms with Crippen LogP contribution in [0.1, 0.15) is 6.42 Å². The highest BCUT2D eigenvalue weighted by Crippen LogP contribution is 2.38. The summed E-state index contributed by atoms with van der Waals surface area (Å²) >= 11 is 5.35. The van der Waals surface area contributed by atoms with Crippen LogP contribution in [0.5, 0.6) is 0 Å². The standard InChI is InChI=1S/C6H6ClNO3S2/c7-2-4(9)6-3(1-5(10)11)8-13-12-6/h8H,1-2H2,(H,10,11). The Morgan fingerprint density at radius 2 is 2.23 bits per heavy atom. The Bertz CT molecular complexity index is 279. The van der Waals surface area contributed by atoms with Crippen LogP contribution in [0, 0.1) is 0 Å². The second kappa shape index (κ2) is 4.78. The summed E-state index contributed by atoms with van der Waals surface area (Å²) in [5, 5.41) is 8.51. The molecule has 0 aromatic rings. The Morgan fingerprint density at radius 3 is 2.77 bits per heavy atom. The lowest BCUT2D eigenvalue weighted by atomic mass is 10.2. The maximum Gasteiger partial charge on any atom is 0.309 e. The molecule has 1 aliphatic heterocycles. The minimum absolute atomic E-state index is 0.117. The van der Waals surface area contributed by atoms with E-state index in [-0.39, 0.29) is 18.1 Å². The van der Waals surface area contributed by atoms with Crippen LogP contribution in [-0.4, -0.2) is 22.7 Å². The normalized spacial score (nSPS) is 15.8. The molecule has 1 rings (SSSR count). The van der Waals surface area contributed by atoms with E-state index < -0.39 is 5.97 Å². The minimum Gasteiger partial charge on any atom is -0.481 e. The van der Waals surface area contributed by atoms with Crippen LogP contribution in [0.3, 0.4) is 0 Å². The zero-order valence-corrected chi connectivity index (χ0v) is 8.76. The second-order valence-corrected chi connectivity index (χ2v) is 4.42. The quantitative estimate of drug-likeness (QED) is 0.439. The van der Waals surface area contributed by atoms with Gasteiger partial charge in [0.25, 0.3) is 0 Å². The molecule has 72 valence electrons. The topological polar surface area (TPSA) is 66.4 Å². The molecule has 1 heterocycles. The number of Topliss-reactive ketones (excluding diaryl/α,β-unsaturated/α-hetero) is 1. The number of ketones is 1. The molecule has 0 bridgehead atoms. The van der Waals surface area contributed by atoms with Gasteiger partial charge in [0.05, 0.1) is 22.9 Å². The highest BCUT2D eigenvalue weighted by molar-refractivity contribution is 8.78. The molecular weight excluding hydrogens is 234 g/mol. The smallest absolute Gasteiger partial charge is 0.309 e. The van der Waals surface area contributed by atoms with Crippen molar-refractivity contribution in [1.82, 2.24) is 4.72 Å². The van der Waals surface area contributed by atoms with Gasteiger partial charge in [0, 0.05) is 11.0 Å². The zero-order chi connectivity index (χ0) is 9.84. The molecule has 0 saturated heterocycles. The van der Waals surface area contributed by atoms with Gasteiger partial charge in [-0.1, -0.05) is 0 Å². The largest absolute Gasteiger partial charge is 0.481 e. The predicted octanol–water partition coefficient (Wildman–Crippen LogP) is 1.38. The van der Waals surface area contributed by atoms with E-state index in [0.717, 1.165) is 0 Å². The fourth-order valence-corrected chi connectivity index (χ4v) is 3.08. The van der Waals surface area contributed by atoms with Crippen molar-refractivity contribution in [2.45, 2.75) is 6.42 Å². The molecular formula is C6H6ClNO3S2. The Balaban J connectivity index is 2.76. The van der Waals surface area contributed by atoms with Crippen molar-refractivity contribution in [2.75, 3.05) is 5.88 Å². The number of rotatable bonds is 4. The van der Waals surface area contributed by atoms with Gasteiger partial charge in [-0.15, -0.1) is 11.6 Å². The fourth-order valence-electron chi connectivity index (χ4n) is 0.752. The fraction of sp³-hybridized carbons (Fsp3) is 0.333. The second-order valence-electron chi connectivity index (χ2n) is 2.20. The van der Waals surface area contributed by atoms with Crippen molar-refractivity contribution in [3.8, 4) is 0 Å². The van der Waals surface area contributed by atoms with E-state index in [1.807, 2.05) is 0 Å². The number of hydrogen-bond donors (Lipinski definition) is 2. The first kappa shape index (κ1) is 10.7. The summed E-state index contributed by atoms with van der Waals surface area (Å²) < 4.78 is 2.75. The monoisotopic (exact) mass is 239 g/mol. The molecule has 0 unspecified atom stereocenters. The predicted molar refractivity (Wildman–Crippen MR) is 53.3 cm³/mol. The van der Waals surface area contributed by atoms with Gasteiger partial charge in [-0.3, -0.25) is 9.59 Å². The Labute approximate surface area is 87.6 Å². The zero-order valence-electron chi connectivity index (χ0n) is 6.37. The molecule has 0 amide bonds. The molecule has 0 spiro atoms. The van der Waals surface area contributed by atoms with Crippen LogP contribution in [0.4, 0.5) is 0 Å². The van der Waals surface area contributed by atoms with Crippen LogP contribution in [0.2, 0.25) is 0 Å². The molecule has 0 saturated carbocycles. The first-order valence-electron chi connectivity index (χ1n) is 3.28. The van der Waals surface area contributed by atoms with Gasteiger partial charge in [-0.05, 0) is 10.8 Å². The minimum atomic E-state index is -0.967. The molecule has 4 nitrogen and oxygen atoms in total. The van der Waals surface area contributed by atoms with E-state index in [9.17, 15) is 9.59 Å². The summed E-state index contributed by atoms with van der Waals surface area (Å²) in [6.45, 7) is 0. The van der Waals surface area contributed by atoms with Gasteiger partial charge >= 0.3 is 5.97 Å². The van der Waals surface area contributed by atoms with Gasteiger partial charge < -0.3 is 9.83 Å². The van der Waals surface area contributed by atoms with Gasteiger partial charge in [0.2, 0.25) is 0 Å². The van der Waals surface area contributed by atoms with Gasteiger partial charge in [0.1, 0.15) is 0 Å². The Kier molecular flexibility index (Phi) is 3.95. The van der Waals surface area contributed by atoms with Crippen molar-refractivity contribution in [2.24, 2.45) is 0 Å². The molecule has 0 atom stereocenters. The van der Waals surface area contributed by atoms with E-state index >= 15 is 0 Å². The summed E-state index contributed by atoms with van der Waals surface area (Å²) in [5.41, 5.74) is 0.438. The first-order valence-corrected chi connectivity index (χ1v) is 5.97. The number of hydrogen-bond acceptors (Lipinski definition) is 5. The van der Waals surface area contributed by atoms with E-state index in [2.05, 4.69) is 4.72 Å². The number of alkyl halides is 1. The summed E-state index contributed by atoms with van der Waals surface area (Å²) in [4.78, 5) is 21.9. The number of aliphatic carboxylic acids is 1. The average Bonchev–Trinajstić information content (AvgIpc) is 2.50. The Morgan fingerprint density at radius 1 is 1.54 bits per heavy atom. The summed E-state index contributed by atoms with van der Waals surface area (Å²) in [7, 11) is 2.44. The van der Waals surface area contributed by atoms with Crippen LogP contribution < -0.4 is 4.72 Å². The van der Waals surface area contributed by atoms with E-state index in [4.69, 9.17) is 16.7 Å². The van der Waals surface area contributed by atoms with Crippen molar-refractivity contribution < 1.29 is 14.7 Å². The molecule has 1 aliphatic rings. The summed E-state index contributed by atoms with van der Waals surface area (Å²) in [5.74, 6) is -1.32. The number of nitrogens with one attached hydrogen (secondary N) is 1. The highest BCUT2D eigenvalue weighted by atomic mass is 35.5. The van der Waals surface area contributed by atoms with Crippen LogP contribution in [0.25, 0.3) is 0 Å². The van der Waals surface area contributed by atoms with Crippen LogP contribution in [-0.2, 0) is 9.59 Å². The molecule has 2 N–H and O–H groups in total. The molecule has 0 aromatic carbocycles. The summed E-state index contributed by atoms with van der Waals surface area (Å²) in [6.07, 6.45) is -0.169. The molecule has 0 aliphatic carbocycles. The van der Waals surface area contributed by atoms with Crippen molar-refractivity contribution >= 4 is 45.1 Å². The van der Waals surface area contributed by atoms with E-state index in [1.54, 1.807) is 0 Å². The number of carboxylic acid groups (broad SMARTS) is 1. The van der Waals surface area contributed by atoms with Crippen LogP contribution >= 0.6 is 33.4 Å². The van der Waals surface area contributed by atoms with E-state index in [0.29, 0.717) is 10.6 Å².